The predicted octanol–water partition coefficient (Wildman–Crippen LogP) is 4.84. The number of hydrogen-bond donors (Lipinski definition) is 2. The summed E-state index contributed by atoms with van der Waals surface area (Å²) in [4.78, 5) is 2.29. The molecule has 5 nitrogen and oxygen atoms in total. The quantitative estimate of drug-likeness (QED) is 0.621. The first-order valence-corrected chi connectivity index (χ1v) is 12.4. The number of benzene rings is 2. The van der Waals surface area contributed by atoms with Crippen LogP contribution in [0.25, 0.3) is 0 Å². The fourth-order valence-electron chi connectivity index (χ4n) is 4.71. The van der Waals surface area contributed by atoms with Gasteiger partial charge in [0.25, 0.3) is 0 Å². The third-order valence-electron chi connectivity index (χ3n) is 6.63. The first kappa shape index (κ1) is 25.2. The average molecular weight is 447 g/mol. The fraction of sp³-hybridized carbons (Fsp3) is 0.520. The standard InChI is InChI=1S/C24H34N2O3S.CH4/c1-5-7-14-24(6-2)16-30(28,29)21-13-12-19(26(3)4)15-20(21)22(23(24)27)17-8-10-18(25)11-9-17;/h8-13,15,22-23,27H,5-7,14,16,25H2,1-4H3;1H4. The van der Waals surface area contributed by atoms with Gasteiger partial charge in [0.1, 0.15) is 0 Å². The molecule has 2 aromatic carbocycles. The van der Waals surface area contributed by atoms with Crippen LogP contribution < -0.4 is 10.6 Å². The zero-order valence-corrected chi connectivity index (χ0v) is 19.2. The predicted molar refractivity (Wildman–Crippen MR) is 131 cm³/mol. The molecule has 3 rings (SSSR count). The van der Waals surface area contributed by atoms with E-state index >= 15 is 0 Å². The summed E-state index contributed by atoms with van der Waals surface area (Å²) in [5.74, 6) is -0.466. The lowest BCUT2D eigenvalue weighted by atomic mass is 9.69. The van der Waals surface area contributed by atoms with Gasteiger partial charge in [-0.15, -0.1) is 0 Å². The summed E-state index contributed by atoms with van der Waals surface area (Å²) in [6.07, 6.45) is 2.31. The van der Waals surface area contributed by atoms with Crippen molar-refractivity contribution in [1.82, 2.24) is 0 Å². The van der Waals surface area contributed by atoms with Gasteiger partial charge >= 0.3 is 0 Å². The highest BCUT2D eigenvalue weighted by molar-refractivity contribution is 7.91. The van der Waals surface area contributed by atoms with Crippen LogP contribution in [0.4, 0.5) is 11.4 Å². The molecule has 3 unspecified atom stereocenters. The monoisotopic (exact) mass is 446 g/mol. The average Bonchev–Trinajstić information content (AvgIpc) is 2.78. The van der Waals surface area contributed by atoms with Crippen LogP contribution in [-0.4, -0.2) is 39.5 Å². The number of nitrogens with zero attached hydrogens (tertiary/aromatic N) is 1. The maximum absolute atomic E-state index is 13.5. The lowest BCUT2D eigenvalue weighted by Gasteiger charge is -2.39. The maximum atomic E-state index is 13.5. The van der Waals surface area contributed by atoms with Gasteiger partial charge < -0.3 is 15.7 Å². The first-order valence-electron chi connectivity index (χ1n) is 10.7. The molecule has 0 spiro atoms. The molecule has 0 bridgehead atoms. The first-order chi connectivity index (χ1) is 14.1. The third-order valence-corrected chi connectivity index (χ3v) is 8.63. The Bertz CT molecular complexity index is 986. The van der Waals surface area contributed by atoms with Crippen molar-refractivity contribution >= 4 is 21.2 Å². The van der Waals surface area contributed by atoms with Gasteiger partial charge in [0.15, 0.2) is 9.84 Å². The van der Waals surface area contributed by atoms with E-state index in [0.717, 1.165) is 24.1 Å². The number of fused-ring (bicyclic) bond motifs is 1. The zero-order valence-electron chi connectivity index (χ0n) is 18.4. The minimum atomic E-state index is -3.56. The lowest BCUT2D eigenvalue weighted by Crippen LogP contribution is -2.42. The van der Waals surface area contributed by atoms with Crippen LogP contribution in [0.15, 0.2) is 47.4 Å². The number of anilines is 2. The molecule has 6 heteroatoms. The third kappa shape index (κ3) is 4.75. The second-order valence-corrected chi connectivity index (χ2v) is 10.7. The van der Waals surface area contributed by atoms with E-state index in [1.165, 1.54) is 0 Å². The summed E-state index contributed by atoms with van der Waals surface area (Å²) in [5.41, 5.74) is 8.32. The van der Waals surface area contributed by atoms with E-state index in [9.17, 15) is 13.5 Å². The van der Waals surface area contributed by atoms with Crippen LogP contribution in [0, 0.1) is 5.41 Å². The van der Waals surface area contributed by atoms with Gasteiger partial charge in [0.2, 0.25) is 0 Å². The van der Waals surface area contributed by atoms with E-state index in [-0.39, 0.29) is 13.2 Å². The van der Waals surface area contributed by atoms with Crippen molar-refractivity contribution in [2.45, 2.75) is 63.9 Å². The molecule has 3 N–H and O–H groups in total. The van der Waals surface area contributed by atoms with Gasteiger partial charge in [0.05, 0.1) is 16.8 Å². The smallest absolute Gasteiger partial charge is 0.179 e. The Hall–Kier alpha value is -2.05. The number of nitrogen functional groups attached to an aromatic ring is 1. The number of sulfone groups is 1. The molecule has 31 heavy (non-hydrogen) atoms. The van der Waals surface area contributed by atoms with Crippen LogP contribution in [0.5, 0.6) is 0 Å². The van der Waals surface area contributed by atoms with Crippen molar-refractivity contribution in [2.75, 3.05) is 30.5 Å². The van der Waals surface area contributed by atoms with Crippen molar-refractivity contribution in [3.05, 3.63) is 53.6 Å². The largest absolute Gasteiger partial charge is 0.399 e. The molecule has 0 fully saturated rings. The Morgan fingerprint density at radius 2 is 1.77 bits per heavy atom. The van der Waals surface area contributed by atoms with Crippen molar-refractivity contribution in [3.63, 3.8) is 0 Å². The lowest BCUT2D eigenvalue weighted by molar-refractivity contribution is 0.0174. The molecule has 172 valence electrons. The highest BCUT2D eigenvalue weighted by atomic mass is 32.2. The van der Waals surface area contributed by atoms with E-state index in [1.807, 2.05) is 62.3 Å². The topological polar surface area (TPSA) is 83.6 Å². The Kier molecular flexibility index (Phi) is 7.82. The molecular formula is C25H38N2O3S. The minimum Gasteiger partial charge on any atom is -0.399 e. The van der Waals surface area contributed by atoms with Crippen LogP contribution in [0.3, 0.4) is 0 Å². The van der Waals surface area contributed by atoms with Gasteiger partial charge in [-0.25, -0.2) is 8.42 Å². The molecule has 0 saturated heterocycles. The van der Waals surface area contributed by atoms with Crippen LogP contribution in [-0.2, 0) is 9.84 Å². The summed E-state index contributed by atoms with van der Waals surface area (Å²) in [6.45, 7) is 4.09. The normalized spacial score (nSPS) is 24.5. The molecule has 0 radical (unpaired) electrons. The molecule has 3 atom stereocenters. The molecule has 2 aromatic rings. The van der Waals surface area contributed by atoms with E-state index in [1.54, 1.807) is 6.07 Å². The summed E-state index contributed by atoms with van der Waals surface area (Å²) < 4.78 is 27.1. The van der Waals surface area contributed by atoms with Gasteiger partial charge in [-0.1, -0.05) is 46.2 Å². The van der Waals surface area contributed by atoms with Crippen LogP contribution >= 0.6 is 0 Å². The molecule has 0 aliphatic carbocycles. The number of hydrogen-bond acceptors (Lipinski definition) is 5. The summed E-state index contributed by atoms with van der Waals surface area (Å²) in [6, 6.07) is 12.9. The van der Waals surface area contributed by atoms with E-state index in [0.29, 0.717) is 29.0 Å². The fourth-order valence-corrected chi connectivity index (χ4v) is 6.96. The van der Waals surface area contributed by atoms with Crippen molar-refractivity contribution in [1.29, 1.82) is 0 Å². The van der Waals surface area contributed by atoms with E-state index < -0.39 is 27.3 Å². The Balaban J connectivity index is 0.00000341. The van der Waals surface area contributed by atoms with Gasteiger partial charge in [-0.2, -0.15) is 0 Å². The molecule has 0 saturated carbocycles. The highest BCUT2D eigenvalue weighted by Crippen LogP contribution is 2.49. The molecule has 1 aliphatic rings. The van der Waals surface area contributed by atoms with Crippen molar-refractivity contribution < 1.29 is 13.5 Å². The molecular weight excluding hydrogens is 408 g/mol. The molecule has 0 aromatic heterocycles. The van der Waals surface area contributed by atoms with Crippen LogP contribution in [0.1, 0.15) is 64.0 Å². The number of nitrogens with two attached hydrogens (primary N) is 1. The van der Waals surface area contributed by atoms with Gasteiger partial charge in [-0.3, -0.25) is 0 Å². The number of unbranched alkanes of at least 4 members (excludes halogenated alkanes) is 1. The second-order valence-electron chi connectivity index (χ2n) is 8.78. The Morgan fingerprint density at radius 1 is 1.13 bits per heavy atom. The number of aliphatic hydroxyl groups is 1. The van der Waals surface area contributed by atoms with Crippen LogP contribution in [0.2, 0.25) is 0 Å². The van der Waals surface area contributed by atoms with E-state index in [4.69, 9.17) is 5.73 Å². The molecule has 0 amide bonds. The van der Waals surface area contributed by atoms with Gasteiger partial charge in [0, 0.05) is 36.8 Å². The van der Waals surface area contributed by atoms with Crippen molar-refractivity contribution in [3.8, 4) is 0 Å². The Labute approximate surface area is 188 Å². The number of aliphatic hydroxyl groups excluding tert-OH is 1. The number of rotatable bonds is 6. The summed E-state index contributed by atoms with van der Waals surface area (Å²) >= 11 is 0. The molecule has 1 aliphatic heterocycles. The van der Waals surface area contributed by atoms with E-state index in [2.05, 4.69) is 6.92 Å². The summed E-state index contributed by atoms with van der Waals surface area (Å²) in [7, 11) is 0.303. The highest BCUT2D eigenvalue weighted by Gasteiger charge is 2.48. The Morgan fingerprint density at radius 3 is 2.32 bits per heavy atom. The minimum absolute atomic E-state index is 0. The second kappa shape index (κ2) is 9.61. The zero-order chi connectivity index (χ0) is 22.1. The summed E-state index contributed by atoms with van der Waals surface area (Å²) in [5, 5.41) is 11.8. The van der Waals surface area contributed by atoms with Crippen molar-refractivity contribution in [2.24, 2.45) is 5.41 Å². The maximum Gasteiger partial charge on any atom is 0.179 e. The molecule has 1 heterocycles. The SMILES string of the molecule is C.CCCCC1(CC)CS(=O)(=O)c2ccc(N(C)C)cc2C(c2ccc(N)cc2)C1O. The van der Waals surface area contributed by atoms with Gasteiger partial charge in [-0.05, 0) is 54.3 Å².